The number of rotatable bonds is 4. The maximum atomic E-state index is 13.0. The van der Waals surface area contributed by atoms with E-state index < -0.39 is 0 Å². The van der Waals surface area contributed by atoms with Crippen molar-refractivity contribution < 1.29 is 4.79 Å². The summed E-state index contributed by atoms with van der Waals surface area (Å²) in [5, 5.41) is 11.9. The third-order valence-electron chi connectivity index (χ3n) is 7.20. The summed E-state index contributed by atoms with van der Waals surface area (Å²) in [7, 11) is 2.19. The fourth-order valence-electron chi connectivity index (χ4n) is 5.38. The number of hydrogen-bond acceptors (Lipinski definition) is 6. The molecule has 2 aromatic heterocycles. The highest BCUT2D eigenvalue weighted by molar-refractivity contribution is 7.11. The summed E-state index contributed by atoms with van der Waals surface area (Å²) >= 11 is 1.89. The van der Waals surface area contributed by atoms with E-state index in [0.29, 0.717) is 5.82 Å². The lowest BCUT2D eigenvalue weighted by molar-refractivity contribution is 0.0647. The number of carbonyl (C=O) groups is 1. The Labute approximate surface area is 182 Å². The van der Waals surface area contributed by atoms with E-state index in [4.69, 9.17) is 0 Å². The Morgan fingerprint density at radius 1 is 1.23 bits per heavy atom. The summed E-state index contributed by atoms with van der Waals surface area (Å²) < 4.78 is 2.09. The first-order valence-corrected chi connectivity index (χ1v) is 12.1. The van der Waals surface area contributed by atoms with Gasteiger partial charge in [0, 0.05) is 42.0 Å². The number of aromatic nitrogens is 3. The number of likely N-dealkylation sites (tertiary alicyclic amines) is 1. The normalized spacial score (nSPS) is 25.7. The summed E-state index contributed by atoms with van der Waals surface area (Å²) in [4.78, 5) is 20.8. The lowest BCUT2D eigenvalue weighted by Crippen LogP contribution is -2.55. The number of hydrogen-bond donors (Lipinski definition) is 1. The van der Waals surface area contributed by atoms with Crippen LogP contribution in [0.5, 0.6) is 0 Å². The van der Waals surface area contributed by atoms with Crippen molar-refractivity contribution in [1.29, 1.82) is 0 Å². The number of fused-ring (bicyclic) bond motifs is 1. The molecular weight excluding hydrogens is 396 g/mol. The van der Waals surface area contributed by atoms with E-state index in [-0.39, 0.29) is 17.5 Å². The van der Waals surface area contributed by atoms with Crippen molar-refractivity contribution in [2.24, 2.45) is 0 Å². The van der Waals surface area contributed by atoms with Gasteiger partial charge in [-0.2, -0.15) is 0 Å². The first kappa shape index (κ1) is 20.2. The minimum atomic E-state index is -0.0516. The van der Waals surface area contributed by atoms with Crippen molar-refractivity contribution in [1.82, 2.24) is 29.9 Å². The molecule has 1 saturated heterocycles. The van der Waals surface area contributed by atoms with Gasteiger partial charge in [-0.05, 0) is 45.4 Å². The third-order valence-corrected chi connectivity index (χ3v) is 8.18. The van der Waals surface area contributed by atoms with E-state index in [0.717, 1.165) is 57.8 Å². The Bertz CT molecular complexity index is 917. The first-order chi connectivity index (χ1) is 14.5. The molecule has 8 heteroatoms. The predicted molar refractivity (Wildman–Crippen MR) is 118 cm³/mol. The van der Waals surface area contributed by atoms with Crippen LogP contribution in [0.3, 0.4) is 0 Å². The number of thiophene rings is 1. The second-order valence-corrected chi connectivity index (χ2v) is 10.8. The number of amides is 1. The summed E-state index contributed by atoms with van der Waals surface area (Å²) in [5.41, 5.74) is 0.0432. The van der Waals surface area contributed by atoms with E-state index in [1.54, 1.807) is 0 Å². The maximum absolute atomic E-state index is 13.0. The van der Waals surface area contributed by atoms with Crippen molar-refractivity contribution >= 4 is 17.2 Å². The smallest absolute Gasteiger partial charge is 0.289 e. The van der Waals surface area contributed by atoms with Crippen LogP contribution < -0.4 is 5.32 Å². The monoisotopic (exact) mass is 428 g/mol. The van der Waals surface area contributed by atoms with Crippen LogP contribution in [0.1, 0.15) is 64.7 Å². The van der Waals surface area contributed by atoms with Crippen molar-refractivity contribution in [2.75, 3.05) is 20.1 Å². The summed E-state index contributed by atoms with van der Waals surface area (Å²) in [5.74, 6) is 1.35. The molecule has 2 fully saturated rings. The molecule has 4 heterocycles. The molecule has 3 aliphatic rings. The van der Waals surface area contributed by atoms with Gasteiger partial charge < -0.3 is 9.88 Å². The minimum absolute atomic E-state index is 0.0432. The number of likely N-dealkylation sites (N-methyl/N-ethyl adjacent to an activating group) is 1. The molecule has 2 aliphatic heterocycles. The van der Waals surface area contributed by atoms with E-state index >= 15 is 0 Å². The Morgan fingerprint density at radius 3 is 2.83 bits per heavy atom. The topological polar surface area (TPSA) is 66.3 Å². The molecule has 1 N–H and O–H groups in total. The van der Waals surface area contributed by atoms with Crippen LogP contribution in [0.2, 0.25) is 0 Å². The summed E-state index contributed by atoms with van der Waals surface area (Å²) in [6, 6.07) is 4.75. The fourth-order valence-corrected chi connectivity index (χ4v) is 6.32. The van der Waals surface area contributed by atoms with Crippen LogP contribution in [0.25, 0.3) is 0 Å². The fraction of sp³-hybridized carbons (Fsp3) is 0.682. The quantitative estimate of drug-likeness (QED) is 0.811. The molecule has 7 nitrogen and oxygen atoms in total. The molecule has 162 valence electrons. The lowest BCUT2D eigenvalue weighted by atomic mass is 9.94. The minimum Gasteiger partial charge on any atom is -0.347 e. The molecule has 2 aromatic rings. The molecular formula is C22H32N6OS. The van der Waals surface area contributed by atoms with Crippen LogP contribution >= 0.6 is 11.3 Å². The van der Waals surface area contributed by atoms with Crippen molar-refractivity contribution in [2.45, 2.75) is 76.7 Å². The second kappa shape index (κ2) is 8.05. The average Bonchev–Trinajstić information content (AvgIpc) is 3.43. The molecule has 0 bridgehead atoms. The van der Waals surface area contributed by atoms with Crippen molar-refractivity contribution in [3.05, 3.63) is 33.5 Å². The highest BCUT2D eigenvalue weighted by Gasteiger charge is 2.46. The molecule has 1 atom stereocenters. The van der Waals surface area contributed by atoms with Gasteiger partial charge in [0.1, 0.15) is 5.82 Å². The van der Waals surface area contributed by atoms with Gasteiger partial charge in [0.25, 0.3) is 5.91 Å². The van der Waals surface area contributed by atoms with Gasteiger partial charge in [0.15, 0.2) is 0 Å². The first-order valence-electron chi connectivity index (χ1n) is 11.2. The Morgan fingerprint density at radius 2 is 2.07 bits per heavy atom. The zero-order valence-electron chi connectivity index (χ0n) is 18.1. The lowest BCUT2D eigenvalue weighted by Gasteiger charge is -2.42. The van der Waals surface area contributed by atoms with Crippen molar-refractivity contribution in [3.8, 4) is 0 Å². The van der Waals surface area contributed by atoms with Crippen LogP contribution in [0.4, 0.5) is 0 Å². The summed E-state index contributed by atoms with van der Waals surface area (Å²) in [6.45, 7) is 6.82. The molecule has 30 heavy (non-hydrogen) atoms. The van der Waals surface area contributed by atoms with Crippen LogP contribution in [-0.2, 0) is 19.6 Å². The van der Waals surface area contributed by atoms with Gasteiger partial charge in [-0.15, -0.1) is 21.5 Å². The van der Waals surface area contributed by atoms with Crippen LogP contribution in [-0.4, -0.2) is 62.2 Å². The Balaban J connectivity index is 1.30. The molecule has 0 radical (unpaired) electrons. The molecule has 1 aliphatic carbocycles. The van der Waals surface area contributed by atoms with Gasteiger partial charge in [-0.1, -0.05) is 19.3 Å². The summed E-state index contributed by atoms with van der Waals surface area (Å²) in [6.07, 6.45) is 6.96. The zero-order valence-corrected chi connectivity index (χ0v) is 18.9. The van der Waals surface area contributed by atoms with E-state index in [9.17, 15) is 4.79 Å². The van der Waals surface area contributed by atoms with Gasteiger partial charge in [0.05, 0.1) is 12.1 Å². The number of nitrogens with one attached hydrogen (secondary N) is 1. The third kappa shape index (κ3) is 3.81. The largest absolute Gasteiger partial charge is 0.347 e. The van der Waals surface area contributed by atoms with Gasteiger partial charge in [-0.3, -0.25) is 14.6 Å². The molecule has 1 spiro atoms. The second-order valence-electron chi connectivity index (χ2n) is 9.39. The molecule has 1 amide bonds. The van der Waals surface area contributed by atoms with E-state index in [2.05, 4.69) is 56.0 Å². The Kier molecular flexibility index (Phi) is 5.41. The van der Waals surface area contributed by atoms with E-state index in [1.165, 1.54) is 29.0 Å². The van der Waals surface area contributed by atoms with Crippen molar-refractivity contribution in [3.63, 3.8) is 0 Å². The zero-order chi connectivity index (χ0) is 20.7. The Hall–Kier alpha value is -1.77. The molecule has 1 saturated carbocycles. The van der Waals surface area contributed by atoms with Gasteiger partial charge in [-0.25, -0.2) is 0 Å². The number of aryl methyl sites for hydroxylation is 1. The number of nitrogens with zero attached hydrogens (tertiary/aromatic N) is 5. The van der Waals surface area contributed by atoms with Crippen LogP contribution in [0.15, 0.2) is 12.1 Å². The van der Waals surface area contributed by atoms with Crippen LogP contribution in [0, 0.1) is 6.92 Å². The van der Waals surface area contributed by atoms with Gasteiger partial charge in [0.2, 0.25) is 5.82 Å². The van der Waals surface area contributed by atoms with Gasteiger partial charge >= 0.3 is 0 Å². The van der Waals surface area contributed by atoms with E-state index in [1.807, 2.05) is 11.3 Å². The highest BCUT2D eigenvalue weighted by atomic mass is 32.1. The molecule has 5 rings (SSSR count). The average molecular weight is 429 g/mol. The SMILES string of the molecule is Cc1ccc(CN2CC[C@@]3(C2)Cn2c(nnc2C(=O)NC2CCCCC2)CN3C)s1. The predicted octanol–water partition coefficient (Wildman–Crippen LogP) is 2.80. The maximum Gasteiger partial charge on any atom is 0.289 e. The highest BCUT2D eigenvalue weighted by Crippen LogP contribution is 2.35. The molecule has 0 unspecified atom stereocenters. The molecule has 0 aromatic carbocycles. The number of carbonyl (C=O) groups excluding carboxylic acids is 1. The standard InChI is InChI=1S/C22H32N6OS/c1-16-8-9-18(30-16)12-27-11-10-22(14-27)15-28-19(13-26(22)2)24-25-20(28)21(29)23-17-6-4-3-5-7-17/h8-9,17H,3-7,10-15H2,1-2H3,(H,23,29)/t22-/m1/s1.